The molecule has 1 amide bonds. The van der Waals surface area contributed by atoms with Crippen molar-refractivity contribution in [1.82, 2.24) is 10.2 Å². The fraction of sp³-hybridized carbons (Fsp3) is 0.588. The molecule has 1 N–H and O–H groups in total. The van der Waals surface area contributed by atoms with Crippen LogP contribution < -0.4 is 5.32 Å². The summed E-state index contributed by atoms with van der Waals surface area (Å²) >= 11 is 6.12. The molecule has 1 atom stereocenters. The van der Waals surface area contributed by atoms with Gasteiger partial charge in [0.2, 0.25) is 5.91 Å². The minimum atomic E-state index is 0.0736. The first-order chi connectivity index (χ1) is 9.86. The Balaban J connectivity index is 1.93. The second-order valence-electron chi connectivity index (χ2n) is 7.32. The maximum Gasteiger partial charge on any atom is 0.228 e. The largest absolute Gasteiger partial charge is 0.334 e. The van der Waals surface area contributed by atoms with Gasteiger partial charge in [0.05, 0.1) is 5.92 Å². The third kappa shape index (κ3) is 2.82. The molecule has 0 spiro atoms. The fourth-order valence-electron chi connectivity index (χ4n) is 3.26. The highest BCUT2D eigenvalue weighted by atomic mass is 35.5. The van der Waals surface area contributed by atoms with E-state index < -0.39 is 0 Å². The van der Waals surface area contributed by atoms with Gasteiger partial charge in [-0.1, -0.05) is 38.4 Å². The Labute approximate surface area is 131 Å². The molecule has 0 aromatic heterocycles. The van der Waals surface area contributed by atoms with Crippen molar-refractivity contribution in [3.05, 3.63) is 34.3 Å². The van der Waals surface area contributed by atoms with Crippen LogP contribution in [0.15, 0.2) is 18.2 Å². The van der Waals surface area contributed by atoms with E-state index >= 15 is 0 Å². The van der Waals surface area contributed by atoms with Crippen LogP contribution in [0.2, 0.25) is 5.02 Å². The smallest absolute Gasteiger partial charge is 0.228 e. The van der Waals surface area contributed by atoms with Gasteiger partial charge in [0.1, 0.15) is 0 Å². The molecule has 1 aromatic rings. The first kappa shape index (κ1) is 14.9. The van der Waals surface area contributed by atoms with E-state index in [2.05, 4.69) is 37.1 Å². The number of nitrogens with zero attached hydrogens (tertiary/aromatic N) is 1. The van der Waals surface area contributed by atoms with Crippen LogP contribution in [0, 0.1) is 11.3 Å². The summed E-state index contributed by atoms with van der Waals surface area (Å²) in [6, 6.07) is 6.32. The molecule has 3 rings (SSSR count). The number of rotatable bonds is 1. The summed E-state index contributed by atoms with van der Waals surface area (Å²) in [7, 11) is 0. The van der Waals surface area contributed by atoms with Crippen LogP contribution in [0.5, 0.6) is 0 Å². The van der Waals surface area contributed by atoms with Crippen molar-refractivity contribution < 1.29 is 4.79 Å². The number of carbonyl (C=O) groups is 1. The summed E-state index contributed by atoms with van der Waals surface area (Å²) in [4.78, 5) is 14.9. The number of carbonyl (C=O) groups excluding carboxylic acids is 1. The number of halogens is 1. The van der Waals surface area contributed by atoms with Gasteiger partial charge in [0.25, 0.3) is 0 Å². The molecule has 21 heavy (non-hydrogen) atoms. The van der Waals surface area contributed by atoms with Gasteiger partial charge in [-0.25, -0.2) is 0 Å². The Bertz CT molecular complexity index is 560. The summed E-state index contributed by atoms with van der Waals surface area (Å²) in [5.41, 5.74) is 2.60. The number of nitrogens with one attached hydrogen (secondary N) is 1. The molecule has 1 fully saturated rings. The number of fused-ring (bicyclic) bond motifs is 1. The molecule has 4 heteroatoms. The van der Waals surface area contributed by atoms with Crippen molar-refractivity contribution in [2.24, 2.45) is 11.3 Å². The molecule has 1 unspecified atom stereocenters. The summed E-state index contributed by atoms with van der Waals surface area (Å²) in [5, 5.41) is 3.95. The van der Waals surface area contributed by atoms with E-state index in [0.29, 0.717) is 12.5 Å². The first-order valence-corrected chi connectivity index (χ1v) is 8.02. The van der Waals surface area contributed by atoms with Gasteiger partial charge in [-0.2, -0.15) is 0 Å². The van der Waals surface area contributed by atoms with E-state index in [1.54, 1.807) is 0 Å². The predicted octanol–water partition coefficient (Wildman–Crippen LogP) is 2.86. The molecule has 0 saturated carbocycles. The van der Waals surface area contributed by atoms with Crippen molar-refractivity contribution in [3.63, 3.8) is 0 Å². The van der Waals surface area contributed by atoms with Gasteiger partial charge < -0.3 is 10.2 Å². The normalized spacial score (nSPS) is 22.7. The molecule has 3 nitrogen and oxygen atoms in total. The lowest BCUT2D eigenvalue weighted by Crippen LogP contribution is -2.58. The maximum atomic E-state index is 12.8. The molecule has 2 heterocycles. The van der Waals surface area contributed by atoms with Crippen LogP contribution in [0.25, 0.3) is 0 Å². The zero-order valence-corrected chi connectivity index (χ0v) is 13.7. The van der Waals surface area contributed by atoms with E-state index in [0.717, 1.165) is 24.5 Å². The van der Waals surface area contributed by atoms with Crippen LogP contribution in [-0.4, -0.2) is 29.9 Å². The molecule has 2 aliphatic heterocycles. The van der Waals surface area contributed by atoms with Gasteiger partial charge in [0, 0.05) is 30.7 Å². The Hall–Kier alpha value is -1.06. The standard InChI is InChI=1S/C17H23ClN2O/c1-17(2,3)15-7-11-4-5-14(18)6-12(11)10-20(15)16(21)13-8-19-9-13/h4-6,13,15,19H,7-10H2,1-3H3. The maximum absolute atomic E-state index is 12.8. The van der Waals surface area contributed by atoms with Crippen molar-refractivity contribution in [1.29, 1.82) is 0 Å². The zero-order valence-electron chi connectivity index (χ0n) is 12.9. The molecular weight excluding hydrogens is 284 g/mol. The predicted molar refractivity (Wildman–Crippen MR) is 85.3 cm³/mol. The van der Waals surface area contributed by atoms with E-state index in [1.165, 1.54) is 11.1 Å². The summed E-state index contributed by atoms with van der Waals surface area (Å²) in [5.74, 6) is 0.440. The highest BCUT2D eigenvalue weighted by molar-refractivity contribution is 6.30. The van der Waals surface area contributed by atoms with Crippen LogP contribution in [0.1, 0.15) is 31.9 Å². The van der Waals surface area contributed by atoms with Crippen LogP contribution >= 0.6 is 11.6 Å². The highest BCUT2D eigenvalue weighted by Crippen LogP contribution is 2.35. The van der Waals surface area contributed by atoms with Crippen LogP contribution in [0.4, 0.5) is 0 Å². The zero-order chi connectivity index (χ0) is 15.2. The number of hydrogen-bond donors (Lipinski definition) is 1. The monoisotopic (exact) mass is 306 g/mol. The van der Waals surface area contributed by atoms with Gasteiger partial charge in [0.15, 0.2) is 0 Å². The number of hydrogen-bond acceptors (Lipinski definition) is 2. The van der Waals surface area contributed by atoms with Crippen molar-refractivity contribution in [3.8, 4) is 0 Å². The third-order valence-corrected chi connectivity index (χ3v) is 4.95. The first-order valence-electron chi connectivity index (χ1n) is 7.65. The van der Waals surface area contributed by atoms with Crippen LogP contribution in [-0.2, 0) is 17.8 Å². The lowest BCUT2D eigenvalue weighted by Gasteiger charge is -2.46. The molecule has 2 aliphatic rings. The van der Waals surface area contributed by atoms with Gasteiger partial charge in [-0.15, -0.1) is 0 Å². The SMILES string of the molecule is CC(C)(C)C1Cc2ccc(Cl)cc2CN1C(=O)C1CNC1. The quantitative estimate of drug-likeness (QED) is 0.865. The molecule has 0 aliphatic carbocycles. The fourth-order valence-corrected chi connectivity index (χ4v) is 3.45. The van der Waals surface area contributed by atoms with Gasteiger partial charge >= 0.3 is 0 Å². The minimum absolute atomic E-state index is 0.0736. The molecule has 0 bridgehead atoms. The molecule has 0 radical (unpaired) electrons. The number of amides is 1. The lowest BCUT2D eigenvalue weighted by atomic mass is 9.78. The minimum Gasteiger partial charge on any atom is -0.334 e. The van der Waals surface area contributed by atoms with Gasteiger partial charge in [-0.05, 0) is 35.1 Å². The van der Waals surface area contributed by atoms with Crippen molar-refractivity contribution in [2.75, 3.05) is 13.1 Å². The van der Waals surface area contributed by atoms with E-state index in [4.69, 9.17) is 11.6 Å². The number of benzene rings is 1. The van der Waals surface area contributed by atoms with E-state index in [1.807, 2.05) is 12.1 Å². The Kier molecular flexibility index (Phi) is 3.74. The van der Waals surface area contributed by atoms with E-state index in [-0.39, 0.29) is 17.4 Å². The van der Waals surface area contributed by atoms with Crippen LogP contribution in [0.3, 0.4) is 0 Å². The lowest BCUT2D eigenvalue weighted by molar-refractivity contribution is -0.143. The molecular formula is C17H23ClN2O. The summed E-state index contributed by atoms with van der Waals surface area (Å²) in [6.45, 7) is 8.98. The average molecular weight is 307 g/mol. The molecule has 1 saturated heterocycles. The Morgan fingerprint density at radius 1 is 1.29 bits per heavy atom. The van der Waals surface area contributed by atoms with Crippen molar-refractivity contribution >= 4 is 17.5 Å². The second-order valence-corrected chi connectivity index (χ2v) is 7.76. The molecule has 114 valence electrons. The second kappa shape index (κ2) is 5.29. The average Bonchev–Trinajstić information content (AvgIpc) is 2.33. The highest BCUT2D eigenvalue weighted by Gasteiger charge is 2.40. The Morgan fingerprint density at radius 3 is 2.57 bits per heavy atom. The topological polar surface area (TPSA) is 32.3 Å². The Morgan fingerprint density at radius 2 is 2.00 bits per heavy atom. The van der Waals surface area contributed by atoms with Crippen molar-refractivity contribution in [2.45, 2.75) is 39.8 Å². The summed E-state index contributed by atoms with van der Waals surface area (Å²) in [6.07, 6.45) is 0.919. The third-order valence-electron chi connectivity index (χ3n) is 4.71. The van der Waals surface area contributed by atoms with E-state index in [9.17, 15) is 4.79 Å². The molecule has 1 aromatic carbocycles. The van der Waals surface area contributed by atoms with Gasteiger partial charge in [-0.3, -0.25) is 4.79 Å². The summed E-state index contributed by atoms with van der Waals surface area (Å²) < 4.78 is 0.